The van der Waals surface area contributed by atoms with E-state index < -0.39 is 15.8 Å². The molecule has 0 saturated heterocycles. The van der Waals surface area contributed by atoms with Gasteiger partial charge in [-0.25, -0.2) is 4.68 Å². The molecule has 0 aliphatic heterocycles. The molecular formula is C11H8N8O4. The van der Waals surface area contributed by atoms with Crippen molar-refractivity contribution in [3.05, 3.63) is 62.7 Å². The average molecular weight is 316 g/mol. The van der Waals surface area contributed by atoms with Crippen LogP contribution in [0, 0.1) is 20.2 Å². The third-order valence-corrected chi connectivity index (χ3v) is 2.86. The lowest BCUT2D eigenvalue weighted by Crippen LogP contribution is -2.01. The van der Waals surface area contributed by atoms with Crippen LogP contribution in [0.25, 0.3) is 5.69 Å². The highest BCUT2D eigenvalue weighted by atomic mass is 16.6. The second-order valence-electron chi connectivity index (χ2n) is 4.43. The number of nitro benzene ring substituents is 1. The molecule has 0 amide bonds. The molecule has 0 N–H and O–H groups in total. The van der Waals surface area contributed by atoms with Crippen molar-refractivity contribution in [1.29, 1.82) is 0 Å². The summed E-state index contributed by atoms with van der Waals surface area (Å²) in [5.41, 5.74) is 0.880. The van der Waals surface area contributed by atoms with Gasteiger partial charge in [-0.1, -0.05) is 16.3 Å². The molecule has 3 rings (SSSR count). The average Bonchev–Trinajstić information content (AvgIpc) is 3.17. The van der Waals surface area contributed by atoms with Gasteiger partial charge in [0.25, 0.3) is 5.69 Å². The molecular weight excluding hydrogens is 308 g/mol. The van der Waals surface area contributed by atoms with Gasteiger partial charge in [-0.3, -0.25) is 10.1 Å². The first-order chi connectivity index (χ1) is 11.0. The molecule has 3 aromatic rings. The molecule has 0 spiro atoms. The molecule has 0 aliphatic carbocycles. The Morgan fingerprint density at radius 2 is 2.00 bits per heavy atom. The first kappa shape index (κ1) is 14.2. The van der Waals surface area contributed by atoms with Crippen molar-refractivity contribution in [3.8, 4) is 5.69 Å². The molecule has 0 radical (unpaired) electrons. The smallest absolute Gasteiger partial charge is 0.390 e. The molecule has 116 valence electrons. The first-order valence-electron chi connectivity index (χ1n) is 6.23. The zero-order valence-corrected chi connectivity index (χ0v) is 11.4. The number of hydrogen-bond donors (Lipinski definition) is 0. The van der Waals surface area contributed by atoms with Crippen LogP contribution in [0.15, 0.2) is 36.8 Å². The Morgan fingerprint density at radius 3 is 2.70 bits per heavy atom. The Morgan fingerprint density at radius 1 is 1.17 bits per heavy atom. The van der Waals surface area contributed by atoms with Crippen molar-refractivity contribution < 1.29 is 9.85 Å². The Bertz CT molecular complexity index is 886. The van der Waals surface area contributed by atoms with Crippen LogP contribution in [0.5, 0.6) is 0 Å². The first-order valence-corrected chi connectivity index (χ1v) is 6.23. The molecule has 0 aliphatic rings. The Kier molecular flexibility index (Phi) is 3.46. The van der Waals surface area contributed by atoms with E-state index in [1.165, 1.54) is 33.9 Å². The number of benzene rings is 1. The highest BCUT2D eigenvalue weighted by Gasteiger charge is 2.15. The molecule has 2 heterocycles. The molecule has 12 nitrogen and oxygen atoms in total. The lowest BCUT2D eigenvalue weighted by molar-refractivity contribution is -0.394. The predicted octanol–water partition coefficient (Wildman–Crippen LogP) is 0.723. The van der Waals surface area contributed by atoms with Crippen LogP contribution < -0.4 is 0 Å². The molecule has 0 bridgehead atoms. The summed E-state index contributed by atoms with van der Waals surface area (Å²) in [6.45, 7) is 0.135. The third kappa shape index (κ3) is 2.99. The fourth-order valence-electron chi connectivity index (χ4n) is 1.86. The van der Waals surface area contributed by atoms with E-state index >= 15 is 0 Å². The zero-order chi connectivity index (χ0) is 16.4. The van der Waals surface area contributed by atoms with Gasteiger partial charge in [0.2, 0.25) is 6.33 Å². The summed E-state index contributed by atoms with van der Waals surface area (Å²) in [6, 6.07) is 5.91. The maximum absolute atomic E-state index is 10.8. The zero-order valence-electron chi connectivity index (χ0n) is 11.4. The minimum absolute atomic E-state index is 0.0635. The van der Waals surface area contributed by atoms with E-state index in [4.69, 9.17) is 0 Å². The van der Waals surface area contributed by atoms with E-state index in [9.17, 15) is 20.2 Å². The SMILES string of the molecule is O=[N+]([O-])c1cccc(-n2cc(Cn3cnc([N+](=O)[O-])n3)nn2)c1. The van der Waals surface area contributed by atoms with Crippen LogP contribution in [-0.4, -0.2) is 39.6 Å². The maximum Gasteiger partial charge on any atom is 0.490 e. The highest BCUT2D eigenvalue weighted by molar-refractivity contribution is 5.42. The Balaban J connectivity index is 1.81. The molecule has 0 unspecified atom stereocenters. The summed E-state index contributed by atoms with van der Waals surface area (Å²) < 4.78 is 2.62. The number of non-ortho nitro benzene ring substituents is 1. The van der Waals surface area contributed by atoms with Crippen LogP contribution in [0.4, 0.5) is 11.6 Å². The Hall–Kier alpha value is -3.70. The van der Waals surface area contributed by atoms with Crippen molar-refractivity contribution in [2.24, 2.45) is 0 Å². The fourth-order valence-corrected chi connectivity index (χ4v) is 1.86. The van der Waals surface area contributed by atoms with Crippen molar-refractivity contribution in [3.63, 3.8) is 0 Å². The van der Waals surface area contributed by atoms with Crippen molar-refractivity contribution >= 4 is 11.6 Å². The monoisotopic (exact) mass is 316 g/mol. The van der Waals surface area contributed by atoms with Crippen molar-refractivity contribution in [1.82, 2.24) is 29.8 Å². The van der Waals surface area contributed by atoms with Gasteiger partial charge < -0.3 is 10.1 Å². The van der Waals surface area contributed by atoms with Gasteiger partial charge in [0, 0.05) is 17.2 Å². The summed E-state index contributed by atoms with van der Waals surface area (Å²) in [5.74, 6) is -0.504. The van der Waals surface area contributed by atoms with Crippen LogP contribution in [0.2, 0.25) is 0 Å². The molecule has 0 saturated carbocycles. The summed E-state index contributed by atoms with van der Waals surface area (Å²) in [4.78, 5) is 23.6. The van der Waals surface area contributed by atoms with E-state index in [1.54, 1.807) is 12.3 Å². The summed E-state index contributed by atoms with van der Waals surface area (Å²) in [6.07, 6.45) is 2.76. The summed E-state index contributed by atoms with van der Waals surface area (Å²) in [7, 11) is 0. The Labute approximate surface area is 127 Å². The third-order valence-electron chi connectivity index (χ3n) is 2.86. The molecule has 2 aromatic heterocycles. The van der Waals surface area contributed by atoms with Gasteiger partial charge in [-0.2, -0.15) is 4.68 Å². The highest BCUT2D eigenvalue weighted by Crippen LogP contribution is 2.16. The number of nitro groups is 2. The molecule has 12 heteroatoms. The van der Waals surface area contributed by atoms with Gasteiger partial charge in [-0.15, -0.1) is 5.10 Å². The van der Waals surface area contributed by atoms with Crippen molar-refractivity contribution in [2.75, 3.05) is 0 Å². The van der Waals surface area contributed by atoms with E-state index in [0.29, 0.717) is 11.4 Å². The normalized spacial score (nSPS) is 10.6. The number of hydrogen-bond acceptors (Lipinski definition) is 8. The summed E-state index contributed by atoms with van der Waals surface area (Å²) in [5, 5.41) is 32.7. The van der Waals surface area contributed by atoms with Gasteiger partial charge in [0.15, 0.2) is 0 Å². The van der Waals surface area contributed by atoms with Crippen LogP contribution >= 0.6 is 0 Å². The van der Waals surface area contributed by atoms with Gasteiger partial charge in [-0.05, 0) is 11.0 Å². The minimum atomic E-state index is -0.698. The summed E-state index contributed by atoms with van der Waals surface area (Å²) >= 11 is 0. The van der Waals surface area contributed by atoms with Gasteiger partial charge in [0.05, 0.1) is 16.8 Å². The predicted molar refractivity (Wildman–Crippen MR) is 73.8 cm³/mol. The topological polar surface area (TPSA) is 148 Å². The van der Waals surface area contributed by atoms with E-state index in [2.05, 4.69) is 20.4 Å². The fraction of sp³-hybridized carbons (Fsp3) is 0.0909. The van der Waals surface area contributed by atoms with E-state index in [0.717, 1.165) is 0 Å². The van der Waals surface area contributed by atoms with E-state index in [1.807, 2.05) is 0 Å². The second-order valence-corrected chi connectivity index (χ2v) is 4.43. The second kappa shape index (κ2) is 5.59. The number of nitrogens with zero attached hydrogens (tertiary/aromatic N) is 8. The molecule has 0 atom stereocenters. The number of aromatic nitrogens is 6. The minimum Gasteiger partial charge on any atom is -0.390 e. The van der Waals surface area contributed by atoms with Crippen molar-refractivity contribution in [2.45, 2.75) is 6.54 Å². The van der Waals surface area contributed by atoms with E-state index in [-0.39, 0.29) is 12.2 Å². The molecule has 23 heavy (non-hydrogen) atoms. The largest absolute Gasteiger partial charge is 0.490 e. The lowest BCUT2D eigenvalue weighted by Gasteiger charge is -1.98. The number of rotatable bonds is 5. The van der Waals surface area contributed by atoms with Gasteiger partial charge in [0.1, 0.15) is 12.2 Å². The molecule has 0 fully saturated rings. The maximum atomic E-state index is 10.8. The molecule has 1 aromatic carbocycles. The quantitative estimate of drug-likeness (QED) is 0.494. The van der Waals surface area contributed by atoms with Gasteiger partial charge >= 0.3 is 5.95 Å². The van der Waals surface area contributed by atoms with Crippen LogP contribution in [-0.2, 0) is 6.54 Å². The van der Waals surface area contributed by atoms with Crippen LogP contribution in [0.3, 0.4) is 0 Å². The standard InChI is InChI=1S/C11H8N8O4/c20-18(21)10-3-1-2-9(4-10)17-6-8(13-15-17)5-16-7-12-11(14-16)19(22)23/h1-4,6-7H,5H2. The lowest BCUT2D eigenvalue weighted by atomic mass is 10.3. The van der Waals surface area contributed by atoms with Crippen LogP contribution in [0.1, 0.15) is 5.69 Å².